The number of non-ortho nitro benzene ring substituents is 1. The highest BCUT2D eigenvalue weighted by Crippen LogP contribution is 2.36. The molecule has 0 aliphatic carbocycles. The molecule has 3 aromatic carbocycles. The first-order valence-electron chi connectivity index (χ1n) is 8.30. The summed E-state index contributed by atoms with van der Waals surface area (Å²) in [7, 11) is -4.07. The van der Waals surface area contributed by atoms with Crippen LogP contribution in [0, 0.1) is 10.1 Å². The van der Waals surface area contributed by atoms with Gasteiger partial charge in [0.1, 0.15) is 0 Å². The summed E-state index contributed by atoms with van der Waals surface area (Å²) in [6.45, 7) is 0. The van der Waals surface area contributed by atoms with Gasteiger partial charge >= 0.3 is 6.03 Å². The maximum Gasteiger partial charge on any atom is 0.323 e. The number of nitrogens with zero attached hydrogens (tertiary/aromatic N) is 2. The van der Waals surface area contributed by atoms with E-state index in [1.54, 1.807) is 48.5 Å². The van der Waals surface area contributed by atoms with E-state index in [-0.39, 0.29) is 22.0 Å². The van der Waals surface area contributed by atoms with Gasteiger partial charge in [-0.1, -0.05) is 36.4 Å². The first-order valence-corrected chi connectivity index (χ1v) is 9.79. The first-order chi connectivity index (χ1) is 13.8. The SMILES string of the molecule is NC(=O)N(c1ccccc1)c1ccc([N+](=O)[O-])cc1NS(=O)(=O)c1ccccc1. The van der Waals surface area contributed by atoms with Crippen molar-refractivity contribution in [2.24, 2.45) is 5.73 Å². The molecule has 29 heavy (non-hydrogen) atoms. The molecule has 0 saturated heterocycles. The molecule has 3 rings (SSSR count). The van der Waals surface area contributed by atoms with E-state index < -0.39 is 21.0 Å². The molecule has 148 valence electrons. The van der Waals surface area contributed by atoms with Crippen LogP contribution in [0.1, 0.15) is 0 Å². The average Bonchev–Trinajstić information content (AvgIpc) is 2.70. The lowest BCUT2D eigenvalue weighted by molar-refractivity contribution is -0.384. The van der Waals surface area contributed by atoms with Crippen LogP contribution in [-0.4, -0.2) is 19.4 Å². The molecule has 3 N–H and O–H groups in total. The fourth-order valence-electron chi connectivity index (χ4n) is 2.68. The Hall–Kier alpha value is -3.92. The zero-order chi connectivity index (χ0) is 21.0. The van der Waals surface area contributed by atoms with Gasteiger partial charge < -0.3 is 5.73 Å². The normalized spacial score (nSPS) is 10.9. The van der Waals surface area contributed by atoms with E-state index in [1.165, 1.54) is 18.2 Å². The first kappa shape index (κ1) is 19.8. The number of primary amides is 1. The van der Waals surface area contributed by atoms with Crippen LogP contribution in [0.5, 0.6) is 0 Å². The van der Waals surface area contributed by atoms with Crippen LogP contribution >= 0.6 is 0 Å². The predicted molar refractivity (Wildman–Crippen MR) is 109 cm³/mol. The maximum absolute atomic E-state index is 12.7. The molecule has 0 aromatic heterocycles. The topological polar surface area (TPSA) is 136 Å². The summed E-state index contributed by atoms with van der Waals surface area (Å²) >= 11 is 0. The Morgan fingerprint density at radius 1 is 0.966 bits per heavy atom. The molecule has 0 heterocycles. The molecule has 0 aliphatic heterocycles. The highest BCUT2D eigenvalue weighted by atomic mass is 32.2. The number of nitro groups is 1. The number of nitro benzene ring substituents is 1. The Labute approximate surface area is 166 Å². The molecule has 0 saturated carbocycles. The third-order valence-electron chi connectivity index (χ3n) is 3.96. The zero-order valence-electron chi connectivity index (χ0n) is 14.9. The van der Waals surface area contributed by atoms with Crippen LogP contribution in [0.2, 0.25) is 0 Å². The van der Waals surface area contributed by atoms with Crippen molar-refractivity contribution in [1.29, 1.82) is 0 Å². The highest BCUT2D eigenvalue weighted by Gasteiger charge is 2.24. The van der Waals surface area contributed by atoms with Crippen LogP contribution in [0.15, 0.2) is 83.8 Å². The minimum atomic E-state index is -4.07. The van der Waals surface area contributed by atoms with Crippen LogP contribution in [-0.2, 0) is 10.0 Å². The zero-order valence-corrected chi connectivity index (χ0v) is 15.7. The maximum atomic E-state index is 12.7. The smallest absolute Gasteiger partial charge is 0.323 e. The Kier molecular flexibility index (Phi) is 5.46. The number of hydrogen-bond donors (Lipinski definition) is 2. The second-order valence-corrected chi connectivity index (χ2v) is 7.57. The lowest BCUT2D eigenvalue weighted by atomic mass is 10.2. The number of carbonyl (C=O) groups excluding carboxylic acids is 1. The van der Waals surface area contributed by atoms with Gasteiger partial charge in [0, 0.05) is 12.1 Å². The van der Waals surface area contributed by atoms with Crippen molar-refractivity contribution in [3.63, 3.8) is 0 Å². The van der Waals surface area contributed by atoms with E-state index >= 15 is 0 Å². The Morgan fingerprint density at radius 2 is 1.55 bits per heavy atom. The van der Waals surface area contributed by atoms with Crippen LogP contribution in [0.25, 0.3) is 0 Å². The Bertz CT molecular complexity index is 1150. The van der Waals surface area contributed by atoms with Crippen molar-refractivity contribution in [1.82, 2.24) is 0 Å². The standard InChI is InChI=1S/C19H16N4O5S/c20-19(24)22(14-7-3-1-4-8-14)18-12-11-15(23(25)26)13-17(18)21-29(27,28)16-9-5-2-6-10-16/h1-13,21H,(H2,20,24). The summed E-state index contributed by atoms with van der Waals surface area (Å²) in [5.41, 5.74) is 5.43. The van der Waals surface area contributed by atoms with Gasteiger partial charge in [0.15, 0.2) is 0 Å². The molecule has 0 atom stereocenters. The number of anilines is 3. The number of para-hydroxylation sites is 1. The molecule has 10 heteroatoms. The quantitative estimate of drug-likeness (QED) is 0.471. The number of nitrogens with one attached hydrogen (secondary N) is 1. The molecule has 0 unspecified atom stereocenters. The minimum Gasteiger partial charge on any atom is -0.351 e. The van der Waals surface area contributed by atoms with E-state index in [1.807, 2.05) is 0 Å². The second kappa shape index (κ2) is 7.98. The summed E-state index contributed by atoms with van der Waals surface area (Å²) in [4.78, 5) is 23.7. The molecule has 2 amide bonds. The number of amides is 2. The largest absolute Gasteiger partial charge is 0.351 e. The van der Waals surface area contributed by atoms with Crippen molar-refractivity contribution in [2.75, 3.05) is 9.62 Å². The summed E-state index contributed by atoms with van der Waals surface area (Å²) in [5.74, 6) is 0. The molecule has 0 bridgehead atoms. The number of carbonyl (C=O) groups is 1. The van der Waals surface area contributed by atoms with Gasteiger partial charge in [0.05, 0.1) is 26.9 Å². The molecular weight excluding hydrogens is 396 g/mol. The van der Waals surface area contributed by atoms with Crippen LogP contribution in [0.3, 0.4) is 0 Å². The summed E-state index contributed by atoms with van der Waals surface area (Å²) in [5, 5.41) is 11.2. The fraction of sp³-hybridized carbons (Fsp3) is 0. The lowest BCUT2D eigenvalue weighted by Gasteiger charge is -2.23. The van der Waals surface area contributed by atoms with Crippen molar-refractivity contribution in [2.45, 2.75) is 4.90 Å². The molecule has 0 fully saturated rings. The van der Waals surface area contributed by atoms with Gasteiger partial charge in [-0.15, -0.1) is 0 Å². The van der Waals surface area contributed by atoms with E-state index in [0.29, 0.717) is 5.69 Å². The average molecular weight is 412 g/mol. The second-order valence-electron chi connectivity index (χ2n) is 5.89. The monoisotopic (exact) mass is 412 g/mol. The van der Waals surface area contributed by atoms with Gasteiger partial charge in [0.25, 0.3) is 15.7 Å². The van der Waals surface area contributed by atoms with Crippen molar-refractivity contribution >= 4 is 38.8 Å². The van der Waals surface area contributed by atoms with Crippen molar-refractivity contribution < 1.29 is 18.1 Å². The number of benzene rings is 3. The Morgan fingerprint density at radius 3 is 2.10 bits per heavy atom. The third-order valence-corrected chi connectivity index (χ3v) is 5.35. The fourth-order valence-corrected chi connectivity index (χ4v) is 3.77. The molecule has 0 spiro atoms. The van der Waals surface area contributed by atoms with Gasteiger partial charge in [-0.2, -0.15) is 0 Å². The molecule has 3 aromatic rings. The summed E-state index contributed by atoms with van der Waals surface area (Å²) < 4.78 is 27.8. The highest BCUT2D eigenvalue weighted by molar-refractivity contribution is 7.92. The van der Waals surface area contributed by atoms with E-state index in [2.05, 4.69) is 4.72 Å². The van der Waals surface area contributed by atoms with Gasteiger partial charge in [-0.25, -0.2) is 13.2 Å². The molecule has 0 radical (unpaired) electrons. The Balaban J connectivity index is 2.15. The summed E-state index contributed by atoms with van der Waals surface area (Å²) in [6, 6.07) is 18.3. The molecule has 0 aliphatic rings. The summed E-state index contributed by atoms with van der Waals surface area (Å²) in [6.07, 6.45) is 0. The van der Waals surface area contributed by atoms with Gasteiger partial charge in [-0.3, -0.25) is 19.7 Å². The van der Waals surface area contributed by atoms with Crippen molar-refractivity contribution in [3.05, 3.63) is 89.0 Å². The van der Waals surface area contributed by atoms with Gasteiger partial charge in [-0.05, 0) is 30.3 Å². The van der Waals surface area contributed by atoms with Crippen LogP contribution in [0.4, 0.5) is 27.5 Å². The van der Waals surface area contributed by atoms with E-state index in [9.17, 15) is 23.3 Å². The third kappa shape index (κ3) is 4.33. The minimum absolute atomic E-state index is 0.0391. The number of nitrogens with two attached hydrogens (primary N) is 1. The molecule has 9 nitrogen and oxygen atoms in total. The molecular formula is C19H16N4O5S. The van der Waals surface area contributed by atoms with E-state index in [0.717, 1.165) is 17.0 Å². The van der Waals surface area contributed by atoms with Crippen LogP contribution < -0.4 is 15.4 Å². The van der Waals surface area contributed by atoms with E-state index in [4.69, 9.17) is 5.73 Å². The van der Waals surface area contributed by atoms with Crippen molar-refractivity contribution in [3.8, 4) is 0 Å². The predicted octanol–water partition coefficient (Wildman–Crippen LogP) is 3.61. The lowest BCUT2D eigenvalue weighted by Crippen LogP contribution is -2.32. The number of rotatable bonds is 6. The van der Waals surface area contributed by atoms with Gasteiger partial charge in [0.2, 0.25) is 0 Å². The number of urea groups is 1. The number of hydrogen-bond acceptors (Lipinski definition) is 5. The number of sulfonamides is 1.